The molecule has 1 amide bonds. The standard InChI is InChI=1S/C20H25ClN4O4/c1-22-17(13-18(26)23(2)20(22)28)24-7-4-8-25(10-9-24)19(27)11-14-5-6-15(29-3)12-16(14)21/h5-6,12-13H,4,7-11H2,1-3H3. The van der Waals surface area contributed by atoms with E-state index in [9.17, 15) is 14.4 Å². The van der Waals surface area contributed by atoms with E-state index >= 15 is 0 Å². The van der Waals surface area contributed by atoms with Crippen LogP contribution in [0.5, 0.6) is 5.75 Å². The van der Waals surface area contributed by atoms with Gasteiger partial charge in [0.1, 0.15) is 11.6 Å². The number of amides is 1. The largest absolute Gasteiger partial charge is 0.497 e. The zero-order valence-electron chi connectivity index (χ0n) is 16.9. The zero-order chi connectivity index (χ0) is 21.1. The van der Waals surface area contributed by atoms with Crippen molar-refractivity contribution in [1.29, 1.82) is 0 Å². The average molecular weight is 421 g/mol. The molecule has 1 aliphatic rings. The molecule has 0 spiro atoms. The molecule has 2 aromatic rings. The van der Waals surface area contributed by atoms with Crippen LogP contribution in [-0.2, 0) is 25.3 Å². The lowest BCUT2D eigenvalue weighted by atomic mass is 10.1. The third kappa shape index (κ3) is 4.48. The topological polar surface area (TPSA) is 76.8 Å². The van der Waals surface area contributed by atoms with Gasteiger partial charge in [0.25, 0.3) is 5.56 Å². The summed E-state index contributed by atoms with van der Waals surface area (Å²) in [5.41, 5.74) is 0.0563. The third-order valence-corrected chi connectivity index (χ3v) is 5.63. The molecule has 1 saturated heterocycles. The van der Waals surface area contributed by atoms with Crippen LogP contribution in [0.2, 0.25) is 5.02 Å². The molecule has 0 radical (unpaired) electrons. The highest BCUT2D eigenvalue weighted by atomic mass is 35.5. The minimum atomic E-state index is -0.362. The average Bonchev–Trinajstić information content (AvgIpc) is 2.96. The lowest BCUT2D eigenvalue weighted by Crippen LogP contribution is -2.41. The first-order chi connectivity index (χ1) is 13.8. The first-order valence-electron chi connectivity index (χ1n) is 9.44. The SMILES string of the molecule is COc1ccc(CC(=O)N2CCCN(c3cc(=O)n(C)c(=O)n3C)CC2)c(Cl)c1. The monoisotopic (exact) mass is 420 g/mol. The Morgan fingerprint density at radius 1 is 1.07 bits per heavy atom. The van der Waals surface area contributed by atoms with Crippen molar-refractivity contribution in [3.63, 3.8) is 0 Å². The van der Waals surface area contributed by atoms with E-state index < -0.39 is 0 Å². The molecule has 9 heteroatoms. The molecule has 1 fully saturated rings. The molecule has 0 saturated carbocycles. The Balaban J connectivity index is 1.71. The van der Waals surface area contributed by atoms with E-state index in [1.54, 1.807) is 37.3 Å². The molecular formula is C20H25ClN4O4. The predicted molar refractivity (Wildman–Crippen MR) is 112 cm³/mol. The van der Waals surface area contributed by atoms with Gasteiger partial charge in [-0.1, -0.05) is 17.7 Å². The van der Waals surface area contributed by atoms with E-state index in [2.05, 4.69) is 0 Å². The summed E-state index contributed by atoms with van der Waals surface area (Å²) in [7, 11) is 4.68. The summed E-state index contributed by atoms with van der Waals surface area (Å²) in [6, 6.07) is 6.76. The summed E-state index contributed by atoms with van der Waals surface area (Å²) >= 11 is 6.26. The fourth-order valence-corrected chi connectivity index (χ4v) is 3.73. The quantitative estimate of drug-likeness (QED) is 0.738. The number of rotatable bonds is 4. The Bertz CT molecular complexity index is 1030. The van der Waals surface area contributed by atoms with Gasteiger partial charge in [-0.15, -0.1) is 0 Å². The normalized spacial score (nSPS) is 14.6. The molecule has 1 aromatic heterocycles. The fourth-order valence-electron chi connectivity index (χ4n) is 3.49. The molecule has 2 heterocycles. The van der Waals surface area contributed by atoms with Gasteiger partial charge in [0.2, 0.25) is 5.91 Å². The molecule has 0 bridgehead atoms. The number of nitrogens with zero attached hydrogens (tertiary/aromatic N) is 4. The van der Waals surface area contributed by atoms with E-state index in [0.29, 0.717) is 42.8 Å². The van der Waals surface area contributed by atoms with E-state index in [1.165, 1.54) is 17.7 Å². The molecule has 0 N–H and O–H groups in total. The highest BCUT2D eigenvalue weighted by Crippen LogP contribution is 2.23. The van der Waals surface area contributed by atoms with Gasteiger partial charge < -0.3 is 14.5 Å². The van der Waals surface area contributed by atoms with Gasteiger partial charge in [0.05, 0.1) is 13.5 Å². The van der Waals surface area contributed by atoms with Crippen molar-refractivity contribution in [3.8, 4) is 5.75 Å². The number of carbonyl (C=O) groups is 1. The Hall–Kier alpha value is -2.74. The van der Waals surface area contributed by atoms with Crippen LogP contribution in [0.1, 0.15) is 12.0 Å². The number of methoxy groups -OCH3 is 1. The van der Waals surface area contributed by atoms with Crippen molar-refractivity contribution < 1.29 is 9.53 Å². The van der Waals surface area contributed by atoms with Crippen LogP contribution in [0.4, 0.5) is 5.82 Å². The molecule has 1 aliphatic heterocycles. The Morgan fingerprint density at radius 3 is 2.52 bits per heavy atom. The zero-order valence-corrected chi connectivity index (χ0v) is 17.6. The minimum absolute atomic E-state index is 0.00298. The molecule has 0 unspecified atom stereocenters. The van der Waals surface area contributed by atoms with Crippen molar-refractivity contribution in [2.45, 2.75) is 12.8 Å². The molecule has 156 valence electrons. The third-order valence-electron chi connectivity index (χ3n) is 5.28. The number of hydrogen-bond donors (Lipinski definition) is 0. The van der Waals surface area contributed by atoms with Gasteiger partial charge in [-0.25, -0.2) is 4.79 Å². The summed E-state index contributed by atoms with van der Waals surface area (Å²) in [4.78, 5) is 40.8. The lowest BCUT2D eigenvalue weighted by molar-refractivity contribution is -0.130. The number of carbonyl (C=O) groups excluding carboxylic acids is 1. The van der Waals surface area contributed by atoms with E-state index in [-0.39, 0.29) is 23.6 Å². The van der Waals surface area contributed by atoms with Crippen molar-refractivity contribution in [3.05, 3.63) is 55.7 Å². The molecule has 8 nitrogen and oxygen atoms in total. The summed E-state index contributed by atoms with van der Waals surface area (Å²) in [6.45, 7) is 2.33. The summed E-state index contributed by atoms with van der Waals surface area (Å²) < 4.78 is 7.69. The fraction of sp³-hybridized carbons (Fsp3) is 0.450. The van der Waals surface area contributed by atoms with Crippen LogP contribution in [-0.4, -0.2) is 53.2 Å². The second-order valence-electron chi connectivity index (χ2n) is 7.10. The van der Waals surface area contributed by atoms with Crippen LogP contribution in [0, 0.1) is 0 Å². The lowest BCUT2D eigenvalue weighted by Gasteiger charge is -2.25. The molecule has 0 aliphatic carbocycles. The summed E-state index contributed by atoms with van der Waals surface area (Å²) in [5, 5.41) is 0.504. The van der Waals surface area contributed by atoms with Crippen LogP contribution >= 0.6 is 11.6 Å². The van der Waals surface area contributed by atoms with Crippen molar-refractivity contribution in [2.75, 3.05) is 38.2 Å². The number of ether oxygens (including phenoxy) is 1. The van der Waals surface area contributed by atoms with Gasteiger partial charge in [-0.05, 0) is 24.1 Å². The molecule has 3 rings (SSSR count). The van der Waals surface area contributed by atoms with Gasteiger partial charge in [-0.3, -0.25) is 18.7 Å². The molecule has 0 atom stereocenters. The maximum Gasteiger partial charge on any atom is 0.332 e. The second kappa shape index (κ2) is 8.73. The Kier molecular flexibility index (Phi) is 6.32. The number of anilines is 1. The van der Waals surface area contributed by atoms with E-state index in [1.807, 2.05) is 4.90 Å². The van der Waals surface area contributed by atoms with Gasteiger partial charge in [0, 0.05) is 51.4 Å². The molecular weight excluding hydrogens is 396 g/mol. The first-order valence-corrected chi connectivity index (χ1v) is 9.82. The van der Waals surface area contributed by atoms with Gasteiger partial charge >= 0.3 is 5.69 Å². The minimum Gasteiger partial charge on any atom is -0.497 e. The highest BCUT2D eigenvalue weighted by molar-refractivity contribution is 6.31. The highest BCUT2D eigenvalue weighted by Gasteiger charge is 2.22. The van der Waals surface area contributed by atoms with Crippen molar-refractivity contribution in [2.24, 2.45) is 14.1 Å². The number of benzene rings is 1. The van der Waals surface area contributed by atoms with E-state index in [0.717, 1.165) is 16.6 Å². The number of hydrogen-bond acceptors (Lipinski definition) is 5. The van der Waals surface area contributed by atoms with Crippen LogP contribution in [0.15, 0.2) is 33.9 Å². The van der Waals surface area contributed by atoms with Gasteiger partial charge in [-0.2, -0.15) is 0 Å². The Labute approximate surface area is 173 Å². The van der Waals surface area contributed by atoms with Gasteiger partial charge in [0.15, 0.2) is 0 Å². The first kappa shape index (κ1) is 21.0. The van der Waals surface area contributed by atoms with Crippen LogP contribution in [0.25, 0.3) is 0 Å². The maximum absolute atomic E-state index is 12.8. The summed E-state index contributed by atoms with van der Waals surface area (Å²) in [6.07, 6.45) is 0.957. The van der Waals surface area contributed by atoms with Crippen LogP contribution in [0.3, 0.4) is 0 Å². The predicted octanol–water partition coefficient (Wildman–Crippen LogP) is 1.03. The summed E-state index contributed by atoms with van der Waals surface area (Å²) in [5.74, 6) is 1.22. The smallest absolute Gasteiger partial charge is 0.332 e. The van der Waals surface area contributed by atoms with Crippen LogP contribution < -0.4 is 20.9 Å². The van der Waals surface area contributed by atoms with E-state index in [4.69, 9.17) is 16.3 Å². The number of halogens is 1. The van der Waals surface area contributed by atoms with Crippen molar-refractivity contribution in [1.82, 2.24) is 14.0 Å². The Morgan fingerprint density at radius 2 is 1.83 bits per heavy atom. The molecule has 1 aromatic carbocycles. The maximum atomic E-state index is 12.8. The molecule has 29 heavy (non-hydrogen) atoms. The van der Waals surface area contributed by atoms with Crippen molar-refractivity contribution >= 4 is 23.3 Å². The number of aromatic nitrogens is 2. The second-order valence-corrected chi connectivity index (χ2v) is 7.50.